The van der Waals surface area contributed by atoms with Gasteiger partial charge in [0.2, 0.25) is 0 Å². The normalized spacial score (nSPS) is 12.1. The van der Waals surface area contributed by atoms with Gasteiger partial charge in [-0.3, -0.25) is 4.79 Å². The van der Waals surface area contributed by atoms with Crippen LogP contribution in [0.4, 0.5) is 0 Å². The van der Waals surface area contributed by atoms with Gasteiger partial charge in [-0.15, -0.1) is 0 Å². The number of nitrogens with one attached hydrogen (secondary N) is 2. The highest BCUT2D eigenvalue weighted by atomic mass is 79.9. The number of aliphatic hydroxyl groups is 1. The van der Waals surface area contributed by atoms with E-state index in [2.05, 4.69) is 26.2 Å². The highest BCUT2D eigenvalue weighted by molar-refractivity contribution is 9.10. The van der Waals surface area contributed by atoms with Crippen LogP contribution in [0.5, 0.6) is 0 Å². The quantitative estimate of drug-likeness (QED) is 0.789. The van der Waals surface area contributed by atoms with Gasteiger partial charge in [0.05, 0.1) is 12.6 Å². The molecule has 5 heteroatoms. The number of H-pyrrole nitrogens is 1. The summed E-state index contributed by atoms with van der Waals surface area (Å²) in [6, 6.07) is 11.2. The fourth-order valence-corrected chi connectivity index (χ4v) is 2.17. The molecule has 0 saturated heterocycles. The SMILES string of the molecule is O=C(N[C@H](CO)Cc1ccccc1)c1cc(Br)c[nH]1. The van der Waals surface area contributed by atoms with Gasteiger partial charge in [0.25, 0.3) is 5.91 Å². The Balaban J connectivity index is 1.97. The van der Waals surface area contributed by atoms with Gasteiger partial charge in [-0.2, -0.15) is 0 Å². The molecule has 1 aromatic carbocycles. The monoisotopic (exact) mass is 322 g/mol. The molecular formula is C14H15BrN2O2. The lowest BCUT2D eigenvalue weighted by Gasteiger charge is -2.15. The predicted octanol–water partition coefficient (Wildman–Crippen LogP) is 2.11. The van der Waals surface area contributed by atoms with Crippen LogP contribution in [0.15, 0.2) is 47.1 Å². The Morgan fingerprint density at radius 3 is 2.68 bits per heavy atom. The highest BCUT2D eigenvalue weighted by Crippen LogP contribution is 2.11. The van der Waals surface area contributed by atoms with Crippen molar-refractivity contribution in [2.24, 2.45) is 0 Å². The largest absolute Gasteiger partial charge is 0.394 e. The second-order valence-corrected chi connectivity index (χ2v) is 5.19. The van der Waals surface area contributed by atoms with E-state index in [1.807, 2.05) is 30.3 Å². The zero-order chi connectivity index (χ0) is 13.7. The number of halogens is 1. The number of amides is 1. The van der Waals surface area contributed by atoms with Crippen molar-refractivity contribution in [2.75, 3.05) is 6.61 Å². The minimum absolute atomic E-state index is 0.0947. The first-order valence-electron chi connectivity index (χ1n) is 5.98. The Morgan fingerprint density at radius 1 is 1.37 bits per heavy atom. The van der Waals surface area contributed by atoms with Crippen molar-refractivity contribution in [1.29, 1.82) is 0 Å². The lowest BCUT2D eigenvalue weighted by molar-refractivity contribution is 0.0912. The molecule has 0 radical (unpaired) electrons. The molecule has 0 fully saturated rings. The van der Waals surface area contributed by atoms with Crippen molar-refractivity contribution in [3.63, 3.8) is 0 Å². The fraction of sp³-hybridized carbons (Fsp3) is 0.214. The van der Waals surface area contributed by atoms with E-state index in [-0.39, 0.29) is 18.6 Å². The third-order valence-corrected chi connectivity index (χ3v) is 3.23. The van der Waals surface area contributed by atoms with Crippen molar-refractivity contribution < 1.29 is 9.90 Å². The van der Waals surface area contributed by atoms with Crippen LogP contribution in [0.2, 0.25) is 0 Å². The molecule has 1 aromatic heterocycles. The predicted molar refractivity (Wildman–Crippen MR) is 77.0 cm³/mol. The highest BCUT2D eigenvalue weighted by Gasteiger charge is 2.14. The average molecular weight is 323 g/mol. The van der Waals surface area contributed by atoms with E-state index < -0.39 is 0 Å². The number of carbonyl (C=O) groups excluding carboxylic acids is 1. The maximum atomic E-state index is 11.9. The van der Waals surface area contributed by atoms with Gasteiger partial charge in [-0.1, -0.05) is 30.3 Å². The van der Waals surface area contributed by atoms with E-state index in [9.17, 15) is 9.90 Å². The molecular weight excluding hydrogens is 308 g/mol. The molecule has 0 spiro atoms. The van der Waals surface area contributed by atoms with Crippen LogP contribution in [-0.4, -0.2) is 28.6 Å². The average Bonchev–Trinajstić information content (AvgIpc) is 2.86. The van der Waals surface area contributed by atoms with Gasteiger partial charge < -0.3 is 15.4 Å². The summed E-state index contributed by atoms with van der Waals surface area (Å²) in [5.74, 6) is -0.222. The first kappa shape index (κ1) is 13.8. The molecule has 0 unspecified atom stereocenters. The van der Waals surface area contributed by atoms with Crippen LogP contribution in [0, 0.1) is 0 Å². The van der Waals surface area contributed by atoms with E-state index in [1.165, 1.54) is 0 Å². The molecule has 4 nitrogen and oxygen atoms in total. The molecule has 0 aliphatic carbocycles. The zero-order valence-corrected chi connectivity index (χ0v) is 11.9. The molecule has 0 saturated carbocycles. The maximum absolute atomic E-state index is 11.9. The molecule has 0 aliphatic rings. The number of hydrogen-bond acceptors (Lipinski definition) is 2. The number of aromatic amines is 1. The molecule has 2 rings (SSSR count). The van der Waals surface area contributed by atoms with E-state index in [0.717, 1.165) is 10.0 Å². The minimum Gasteiger partial charge on any atom is -0.394 e. The van der Waals surface area contributed by atoms with Gasteiger partial charge in [0.15, 0.2) is 0 Å². The minimum atomic E-state index is -0.294. The first-order chi connectivity index (χ1) is 9.19. The number of aromatic nitrogens is 1. The summed E-state index contributed by atoms with van der Waals surface area (Å²) in [6.07, 6.45) is 2.30. The molecule has 1 atom stereocenters. The summed E-state index contributed by atoms with van der Waals surface area (Å²) in [7, 11) is 0. The van der Waals surface area contributed by atoms with Crippen LogP contribution in [-0.2, 0) is 6.42 Å². The van der Waals surface area contributed by atoms with Crippen LogP contribution >= 0.6 is 15.9 Å². The first-order valence-corrected chi connectivity index (χ1v) is 6.78. The van der Waals surface area contributed by atoms with Crippen molar-refractivity contribution in [3.8, 4) is 0 Å². The van der Waals surface area contributed by atoms with Gasteiger partial charge in [-0.25, -0.2) is 0 Å². The zero-order valence-electron chi connectivity index (χ0n) is 10.3. The number of aliphatic hydroxyl groups excluding tert-OH is 1. The Morgan fingerprint density at radius 2 is 2.11 bits per heavy atom. The van der Waals surface area contributed by atoms with Gasteiger partial charge in [0, 0.05) is 10.7 Å². The summed E-state index contributed by atoms with van der Waals surface area (Å²) in [5, 5.41) is 12.2. The van der Waals surface area contributed by atoms with Crippen LogP contribution in [0.1, 0.15) is 16.1 Å². The van der Waals surface area contributed by atoms with E-state index in [0.29, 0.717) is 12.1 Å². The second-order valence-electron chi connectivity index (χ2n) is 4.27. The van der Waals surface area contributed by atoms with Gasteiger partial charge in [0.1, 0.15) is 5.69 Å². The molecule has 3 N–H and O–H groups in total. The van der Waals surface area contributed by atoms with Crippen molar-refractivity contribution in [1.82, 2.24) is 10.3 Å². The van der Waals surface area contributed by atoms with E-state index in [4.69, 9.17) is 0 Å². The molecule has 1 heterocycles. The van der Waals surface area contributed by atoms with Crippen LogP contribution in [0.3, 0.4) is 0 Å². The number of benzene rings is 1. The third-order valence-electron chi connectivity index (χ3n) is 2.77. The Hall–Kier alpha value is -1.59. The summed E-state index contributed by atoms with van der Waals surface area (Å²) in [5.41, 5.74) is 1.55. The standard InChI is InChI=1S/C14H15BrN2O2/c15-11-7-13(16-8-11)14(19)17-12(9-18)6-10-4-2-1-3-5-10/h1-5,7-8,12,16,18H,6,9H2,(H,17,19)/t12-/m0/s1. The van der Waals surface area contributed by atoms with E-state index >= 15 is 0 Å². The molecule has 2 aromatic rings. The summed E-state index contributed by atoms with van der Waals surface area (Å²) in [6.45, 7) is -0.0947. The summed E-state index contributed by atoms with van der Waals surface area (Å²) in [4.78, 5) is 14.8. The lowest BCUT2D eigenvalue weighted by Crippen LogP contribution is -2.39. The molecule has 0 aliphatic heterocycles. The van der Waals surface area contributed by atoms with Crippen molar-refractivity contribution in [2.45, 2.75) is 12.5 Å². The van der Waals surface area contributed by atoms with E-state index in [1.54, 1.807) is 12.3 Å². The number of rotatable bonds is 5. The molecule has 19 heavy (non-hydrogen) atoms. The Bertz CT molecular complexity index is 539. The van der Waals surface area contributed by atoms with Gasteiger partial charge >= 0.3 is 0 Å². The second kappa shape index (κ2) is 6.54. The summed E-state index contributed by atoms with van der Waals surface area (Å²) >= 11 is 3.28. The smallest absolute Gasteiger partial charge is 0.268 e. The number of carbonyl (C=O) groups is 1. The van der Waals surface area contributed by atoms with Crippen LogP contribution in [0.25, 0.3) is 0 Å². The van der Waals surface area contributed by atoms with Crippen molar-refractivity contribution in [3.05, 3.63) is 58.3 Å². The molecule has 100 valence electrons. The third kappa shape index (κ3) is 3.94. The van der Waals surface area contributed by atoms with Gasteiger partial charge in [-0.05, 0) is 34.0 Å². The van der Waals surface area contributed by atoms with Crippen LogP contribution < -0.4 is 5.32 Å². The summed E-state index contributed by atoms with van der Waals surface area (Å²) < 4.78 is 0.821. The topological polar surface area (TPSA) is 65.1 Å². The lowest BCUT2D eigenvalue weighted by atomic mass is 10.1. The maximum Gasteiger partial charge on any atom is 0.268 e. The molecule has 1 amide bonds. The van der Waals surface area contributed by atoms with Crippen molar-refractivity contribution >= 4 is 21.8 Å². The fourth-order valence-electron chi connectivity index (χ4n) is 1.82. The molecule has 0 bridgehead atoms. The Labute approximate surface area is 120 Å². The number of hydrogen-bond donors (Lipinski definition) is 3. The Kier molecular flexibility index (Phi) is 4.76.